The van der Waals surface area contributed by atoms with E-state index in [1.54, 1.807) is 4.90 Å². The second kappa shape index (κ2) is 6.72. The molecule has 3 atom stereocenters. The van der Waals surface area contributed by atoms with Crippen molar-refractivity contribution in [2.24, 2.45) is 17.6 Å². The molecule has 1 aromatic rings. The van der Waals surface area contributed by atoms with Crippen LogP contribution >= 0.6 is 12.4 Å². The van der Waals surface area contributed by atoms with Gasteiger partial charge in [0.15, 0.2) is 5.75 Å². The number of hydrogen-bond donors (Lipinski definition) is 1. The Kier molecular flexibility index (Phi) is 5.11. The number of nitro benzene ring substituents is 1. The molecule has 1 amide bonds. The van der Waals surface area contributed by atoms with Crippen LogP contribution in [0.15, 0.2) is 18.2 Å². The van der Waals surface area contributed by atoms with E-state index in [0.717, 1.165) is 19.4 Å². The molecule has 1 heterocycles. The van der Waals surface area contributed by atoms with E-state index in [1.807, 2.05) is 0 Å². The molecule has 126 valence electrons. The maximum atomic E-state index is 12.6. The maximum absolute atomic E-state index is 12.6. The van der Waals surface area contributed by atoms with Crippen molar-refractivity contribution < 1.29 is 14.5 Å². The van der Waals surface area contributed by atoms with Gasteiger partial charge >= 0.3 is 5.69 Å². The number of ether oxygens (including phenoxy) is 1. The van der Waals surface area contributed by atoms with Gasteiger partial charge in [-0.05, 0) is 30.7 Å². The third-order valence-electron chi connectivity index (χ3n) is 4.82. The zero-order valence-electron chi connectivity index (χ0n) is 12.8. The number of likely N-dealkylation sites (tertiary alicyclic amines) is 1. The molecule has 8 heteroatoms. The van der Waals surface area contributed by atoms with Crippen molar-refractivity contribution in [3.8, 4) is 5.75 Å². The lowest BCUT2D eigenvalue weighted by molar-refractivity contribution is -0.385. The molecular formula is C15H20ClN3O4. The fourth-order valence-corrected chi connectivity index (χ4v) is 3.62. The average Bonchev–Trinajstić information content (AvgIpc) is 3.08. The predicted molar refractivity (Wildman–Crippen MR) is 87.0 cm³/mol. The van der Waals surface area contributed by atoms with Crippen LogP contribution in [0.3, 0.4) is 0 Å². The van der Waals surface area contributed by atoms with Crippen LogP contribution in [0.25, 0.3) is 0 Å². The normalized spacial score (nSPS) is 25.7. The lowest BCUT2D eigenvalue weighted by Crippen LogP contribution is -2.33. The minimum Gasteiger partial charge on any atom is -0.490 e. The summed E-state index contributed by atoms with van der Waals surface area (Å²) in [5.41, 5.74) is 6.36. The quantitative estimate of drug-likeness (QED) is 0.668. The molecule has 2 aliphatic rings. The van der Waals surface area contributed by atoms with E-state index in [4.69, 9.17) is 10.5 Å². The molecule has 1 saturated carbocycles. The number of rotatable bonds is 3. The first kappa shape index (κ1) is 17.5. The minimum atomic E-state index is -0.521. The van der Waals surface area contributed by atoms with E-state index < -0.39 is 4.92 Å². The number of carbonyl (C=O) groups excluding carboxylic acids is 1. The number of fused-ring (bicyclic) bond motifs is 1. The highest BCUT2D eigenvalue weighted by Crippen LogP contribution is 2.38. The monoisotopic (exact) mass is 341 g/mol. The largest absolute Gasteiger partial charge is 0.490 e. The molecule has 2 N–H and O–H groups in total. The summed E-state index contributed by atoms with van der Waals surface area (Å²) in [6, 6.07) is 4.41. The number of methoxy groups -OCH3 is 1. The number of halogens is 1. The van der Waals surface area contributed by atoms with Crippen molar-refractivity contribution in [3.63, 3.8) is 0 Å². The fraction of sp³-hybridized carbons (Fsp3) is 0.533. The molecule has 3 unspecified atom stereocenters. The molecular weight excluding hydrogens is 322 g/mol. The van der Waals surface area contributed by atoms with Crippen molar-refractivity contribution >= 4 is 24.0 Å². The standard InChI is InChI=1S/C15H19N3O4.ClH/c1-22-14-6-9(3-5-13(14)18(20)21)15(19)17-7-10-2-4-12(16)11(10)8-17;/h3,5-6,10-12H,2,4,7-8,16H2,1H3;1H. The van der Waals surface area contributed by atoms with Crippen molar-refractivity contribution in [1.82, 2.24) is 4.90 Å². The van der Waals surface area contributed by atoms with Crippen LogP contribution in [0.5, 0.6) is 5.75 Å². The van der Waals surface area contributed by atoms with Crippen molar-refractivity contribution in [1.29, 1.82) is 0 Å². The van der Waals surface area contributed by atoms with Crippen LogP contribution in [-0.2, 0) is 0 Å². The van der Waals surface area contributed by atoms with Gasteiger partial charge in [-0.2, -0.15) is 0 Å². The van der Waals surface area contributed by atoms with Gasteiger partial charge in [0.25, 0.3) is 5.91 Å². The Morgan fingerprint density at radius 1 is 1.39 bits per heavy atom. The summed E-state index contributed by atoms with van der Waals surface area (Å²) in [6.45, 7) is 1.39. The highest BCUT2D eigenvalue weighted by Gasteiger charge is 2.42. The lowest BCUT2D eigenvalue weighted by Gasteiger charge is -2.19. The summed E-state index contributed by atoms with van der Waals surface area (Å²) in [5, 5.41) is 10.9. The van der Waals surface area contributed by atoms with Crippen LogP contribution in [0.2, 0.25) is 0 Å². The van der Waals surface area contributed by atoms with Crippen molar-refractivity contribution in [3.05, 3.63) is 33.9 Å². The summed E-state index contributed by atoms with van der Waals surface area (Å²) in [5.74, 6) is 0.851. The Morgan fingerprint density at radius 3 is 2.74 bits per heavy atom. The van der Waals surface area contributed by atoms with E-state index in [1.165, 1.54) is 25.3 Å². The van der Waals surface area contributed by atoms with Crippen molar-refractivity contribution in [2.75, 3.05) is 20.2 Å². The highest BCUT2D eigenvalue weighted by atomic mass is 35.5. The second-order valence-electron chi connectivity index (χ2n) is 6.02. The van der Waals surface area contributed by atoms with Gasteiger partial charge in [0.1, 0.15) is 0 Å². The Hall–Kier alpha value is -1.86. The van der Waals surface area contributed by atoms with Gasteiger partial charge in [0.05, 0.1) is 12.0 Å². The van der Waals surface area contributed by atoms with E-state index in [9.17, 15) is 14.9 Å². The van der Waals surface area contributed by atoms with Crippen LogP contribution in [0, 0.1) is 22.0 Å². The summed E-state index contributed by atoms with van der Waals surface area (Å²) >= 11 is 0. The predicted octanol–water partition coefficient (Wildman–Crippen LogP) is 1.83. The Labute approximate surface area is 140 Å². The smallest absolute Gasteiger partial charge is 0.310 e. The first-order valence-corrected chi connectivity index (χ1v) is 7.38. The van der Waals surface area contributed by atoms with Crippen LogP contribution < -0.4 is 10.5 Å². The van der Waals surface area contributed by atoms with Gasteiger partial charge in [0.2, 0.25) is 0 Å². The van der Waals surface area contributed by atoms with Gasteiger partial charge < -0.3 is 15.4 Å². The van der Waals surface area contributed by atoms with E-state index in [2.05, 4.69) is 0 Å². The Balaban J connectivity index is 0.00000192. The number of nitrogens with two attached hydrogens (primary N) is 1. The zero-order chi connectivity index (χ0) is 15.9. The van der Waals surface area contributed by atoms with Gasteiger partial charge in [-0.1, -0.05) is 0 Å². The topological polar surface area (TPSA) is 98.7 Å². The number of nitrogens with zero attached hydrogens (tertiary/aromatic N) is 2. The molecule has 0 radical (unpaired) electrons. The van der Waals surface area contributed by atoms with Gasteiger partial charge in [-0.15, -0.1) is 12.4 Å². The Morgan fingerprint density at radius 2 is 2.13 bits per heavy atom. The lowest BCUT2D eigenvalue weighted by atomic mass is 9.98. The van der Waals surface area contributed by atoms with Gasteiger partial charge in [0, 0.05) is 36.8 Å². The molecule has 0 spiro atoms. The molecule has 3 rings (SSSR count). The molecule has 2 fully saturated rings. The van der Waals surface area contributed by atoms with E-state index >= 15 is 0 Å². The number of amides is 1. The zero-order valence-corrected chi connectivity index (χ0v) is 13.6. The fourth-order valence-electron chi connectivity index (χ4n) is 3.62. The van der Waals surface area contributed by atoms with Crippen LogP contribution in [0.1, 0.15) is 23.2 Å². The summed E-state index contributed by atoms with van der Waals surface area (Å²) in [6.07, 6.45) is 2.10. The Bertz CT molecular complexity index is 625. The summed E-state index contributed by atoms with van der Waals surface area (Å²) < 4.78 is 5.02. The molecule has 1 aliphatic heterocycles. The molecule has 23 heavy (non-hydrogen) atoms. The SMILES string of the molecule is COc1cc(C(=O)N2CC3CCC(N)C3C2)ccc1[N+](=O)[O-].Cl. The maximum Gasteiger partial charge on any atom is 0.310 e. The first-order valence-electron chi connectivity index (χ1n) is 7.38. The van der Waals surface area contributed by atoms with Crippen LogP contribution in [0.4, 0.5) is 5.69 Å². The first-order chi connectivity index (χ1) is 10.5. The average molecular weight is 342 g/mol. The third-order valence-corrected chi connectivity index (χ3v) is 4.82. The van der Waals surface area contributed by atoms with E-state index in [-0.39, 0.29) is 35.8 Å². The van der Waals surface area contributed by atoms with Crippen molar-refractivity contribution in [2.45, 2.75) is 18.9 Å². The summed E-state index contributed by atoms with van der Waals surface area (Å²) in [4.78, 5) is 24.8. The van der Waals surface area contributed by atoms with E-state index in [0.29, 0.717) is 23.9 Å². The number of carbonyl (C=O) groups is 1. The minimum absolute atomic E-state index is 0. The third kappa shape index (κ3) is 3.11. The molecule has 1 aliphatic carbocycles. The van der Waals surface area contributed by atoms with Gasteiger partial charge in [-0.25, -0.2) is 0 Å². The molecule has 0 bridgehead atoms. The number of benzene rings is 1. The highest BCUT2D eigenvalue weighted by molar-refractivity contribution is 5.95. The van der Waals surface area contributed by atoms with Gasteiger partial charge in [-0.3, -0.25) is 14.9 Å². The molecule has 1 saturated heterocycles. The molecule has 7 nitrogen and oxygen atoms in total. The molecule has 0 aromatic heterocycles. The summed E-state index contributed by atoms with van der Waals surface area (Å²) in [7, 11) is 1.36. The molecule has 1 aromatic carbocycles. The number of nitro groups is 1. The van der Waals surface area contributed by atoms with Crippen LogP contribution in [-0.4, -0.2) is 42.0 Å². The second-order valence-corrected chi connectivity index (χ2v) is 6.02. The number of hydrogen-bond acceptors (Lipinski definition) is 5.